The summed E-state index contributed by atoms with van der Waals surface area (Å²) in [5, 5.41) is 11.5. The molecule has 116 valence electrons. The first-order valence-electron chi connectivity index (χ1n) is 7.48. The fourth-order valence-electron chi connectivity index (χ4n) is 2.67. The number of rotatable bonds is 2. The topological polar surface area (TPSA) is 67.2 Å². The van der Waals surface area contributed by atoms with Crippen LogP contribution < -0.4 is 0 Å². The number of hydrogen-bond acceptors (Lipinski definition) is 5. The molecule has 1 aliphatic heterocycles. The van der Waals surface area contributed by atoms with E-state index < -0.39 is 0 Å². The Balaban J connectivity index is 1.82. The Morgan fingerprint density at radius 3 is 2.82 bits per heavy atom. The van der Waals surface area contributed by atoms with Gasteiger partial charge in [0, 0.05) is 25.2 Å². The Morgan fingerprint density at radius 2 is 2.05 bits per heavy atom. The zero-order valence-electron chi connectivity index (χ0n) is 12.9. The average Bonchev–Trinajstić information content (AvgIpc) is 2.84. The van der Waals surface area contributed by atoms with Crippen molar-refractivity contribution in [1.29, 1.82) is 0 Å². The van der Waals surface area contributed by atoms with Crippen molar-refractivity contribution in [1.82, 2.24) is 30.0 Å². The second-order valence-corrected chi connectivity index (χ2v) is 5.64. The predicted octanol–water partition coefficient (Wildman–Crippen LogP) is 0.748. The minimum Gasteiger partial charge on any atom is -0.337 e. The highest BCUT2D eigenvalue weighted by Gasteiger charge is 2.19. The second kappa shape index (κ2) is 6.23. The molecule has 0 spiro atoms. The third-order valence-electron chi connectivity index (χ3n) is 3.97. The van der Waals surface area contributed by atoms with Gasteiger partial charge in [0.25, 0.3) is 5.91 Å². The zero-order chi connectivity index (χ0) is 15.5. The van der Waals surface area contributed by atoms with Gasteiger partial charge in [-0.25, -0.2) is 0 Å². The molecule has 0 N–H and O–H groups in total. The number of aromatic nitrogens is 4. The number of carbonyl (C=O) groups is 1. The van der Waals surface area contributed by atoms with E-state index >= 15 is 0 Å². The van der Waals surface area contributed by atoms with Crippen molar-refractivity contribution >= 4 is 5.91 Å². The van der Waals surface area contributed by atoms with Gasteiger partial charge in [-0.3, -0.25) is 4.79 Å². The normalized spacial score (nSPS) is 16.5. The highest BCUT2D eigenvalue weighted by molar-refractivity contribution is 5.94. The first-order valence-corrected chi connectivity index (χ1v) is 7.48. The summed E-state index contributed by atoms with van der Waals surface area (Å²) in [6.07, 6.45) is 1.01. The lowest BCUT2D eigenvalue weighted by Crippen LogP contribution is -2.34. The molecule has 7 nitrogen and oxygen atoms in total. The van der Waals surface area contributed by atoms with Crippen molar-refractivity contribution in [3.63, 3.8) is 0 Å². The van der Waals surface area contributed by atoms with Crippen LogP contribution in [0.3, 0.4) is 0 Å². The van der Waals surface area contributed by atoms with Gasteiger partial charge in [-0.15, -0.1) is 5.10 Å². The molecule has 1 fully saturated rings. The lowest BCUT2D eigenvalue weighted by atomic mass is 10.1. The van der Waals surface area contributed by atoms with Gasteiger partial charge in [-0.1, -0.05) is 6.07 Å². The van der Waals surface area contributed by atoms with Crippen LogP contribution in [0, 0.1) is 6.92 Å². The predicted molar refractivity (Wildman–Crippen MR) is 81.9 cm³/mol. The first kappa shape index (κ1) is 14.6. The molecule has 1 saturated heterocycles. The van der Waals surface area contributed by atoms with Gasteiger partial charge in [0.05, 0.1) is 5.69 Å². The number of nitrogens with zero attached hydrogens (tertiary/aromatic N) is 6. The minimum atomic E-state index is 0.0721. The molecule has 2 aromatic rings. The van der Waals surface area contributed by atoms with Crippen LogP contribution in [0.4, 0.5) is 0 Å². The van der Waals surface area contributed by atoms with Gasteiger partial charge in [0.1, 0.15) is 0 Å². The largest absolute Gasteiger partial charge is 0.337 e. The van der Waals surface area contributed by atoms with Gasteiger partial charge in [0.15, 0.2) is 5.82 Å². The van der Waals surface area contributed by atoms with Crippen LogP contribution in [-0.2, 0) is 0 Å². The molecule has 0 atom stereocenters. The lowest BCUT2D eigenvalue weighted by molar-refractivity contribution is 0.0763. The molecule has 1 aromatic carbocycles. The SMILES string of the molecule is Cc1nnnn1-c1cccc(C(=O)N2CCCN(C)CC2)c1. The summed E-state index contributed by atoms with van der Waals surface area (Å²) in [6, 6.07) is 7.46. The van der Waals surface area contributed by atoms with E-state index in [-0.39, 0.29) is 5.91 Å². The smallest absolute Gasteiger partial charge is 0.253 e. The maximum absolute atomic E-state index is 12.7. The van der Waals surface area contributed by atoms with Crippen LogP contribution in [0.25, 0.3) is 5.69 Å². The van der Waals surface area contributed by atoms with Gasteiger partial charge in [-0.2, -0.15) is 4.68 Å². The summed E-state index contributed by atoms with van der Waals surface area (Å²) in [5.41, 5.74) is 1.48. The van der Waals surface area contributed by atoms with Crippen molar-refractivity contribution in [2.75, 3.05) is 33.2 Å². The summed E-state index contributed by atoms with van der Waals surface area (Å²) in [6.45, 7) is 5.35. The molecule has 7 heteroatoms. The Kier molecular flexibility index (Phi) is 4.15. The van der Waals surface area contributed by atoms with Gasteiger partial charge in [-0.05, 0) is 55.6 Å². The Bertz CT molecular complexity index is 668. The molecule has 1 aliphatic rings. The molecule has 1 amide bonds. The molecule has 3 rings (SSSR count). The minimum absolute atomic E-state index is 0.0721. The molecule has 0 bridgehead atoms. The number of carbonyl (C=O) groups excluding carboxylic acids is 1. The van der Waals surface area contributed by atoms with Crippen LogP contribution in [0.15, 0.2) is 24.3 Å². The maximum atomic E-state index is 12.7. The molecular formula is C15H20N6O. The monoisotopic (exact) mass is 300 g/mol. The van der Waals surface area contributed by atoms with Crippen LogP contribution in [0.1, 0.15) is 22.6 Å². The molecular weight excluding hydrogens is 280 g/mol. The molecule has 0 aliphatic carbocycles. The number of aryl methyl sites for hydroxylation is 1. The number of amides is 1. The Hall–Kier alpha value is -2.28. The summed E-state index contributed by atoms with van der Waals surface area (Å²) in [4.78, 5) is 16.9. The van der Waals surface area contributed by atoms with E-state index in [0.717, 1.165) is 38.3 Å². The van der Waals surface area contributed by atoms with Crippen LogP contribution in [0.5, 0.6) is 0 Å². The maximum Gasteiger partial charge on any atom is 0.253 e. The van der Waals surface area contributed by atoms with E-state index in [4.69, 9.17) is 0 Å². The van der Waals surface area contributed by atoms with Gasteiger partial charge >= 0.3 is 0 Å². The van der Waals surface area contributed by atoms with E-state index in [1.54, 1.807) is 4.68 Å². The molecule has 1 aromatic heterocycles. The summed E-state index contributed by atoms with van der Waals surface area (Å²) < 4.78 is 1.63. The Labute approximate surface area is 129 Å². The third kappa shape index (κ3) is 2.99. The summed E-state index contributed by atoms with van der Waals surface area (Å²) >= 11 is 0. The fraction of sp³-hybridized carbons (Fsp3) is 0.467. The van der Waals surface area contributed by atoms with Gasteiger partial charge in [0.2, 0.25) is 0 Å². The third-order valence-corrected chi connectivity index (χ3v) is 3.97. The first-order chi connectivity index (χ1) is 10.6. The zero-order valence-corrected chi connectivity index (χ0v) is 12.9. The number of likely N-dealkylation sites (N-methyl/N-ethyl adjacent to an activating group) is 1. The van der Waals surface area contributed by atoms with E-state index in [2.05, 4.69) is 27.5 Å². The van der Waals surface area contributed by atoms with Crippen molar-refractivity contribution in [3.8, 4) is 5.69 Å². The fourth-order valence-corrected chi connectivity index (χ4v) is 2.67. The van der Waals surface area contributed by atoms with Crippen LogP contribution >= 0.6 is 0 Å². The van der Waals surface area contributed by atoms with E-state index in [0.29, 0.717) is 11.4 Å². The number of hydrogen-bond donors (Lipinski definition) is 0. The second-order valence-electron chi connectivity index (χ2n) is 5.64. The van der Waals surface area contributed by atoms with Crippen molar-refractivity contribution in [2.24, 2.45) is 0 Å². The van der Waals surface area contributed by atoms with E-state index in [1.165, 1.54) is 0 Å². The average molecular weight is 300 g/mol. The Morgan fingerprint density at radius 1 is 1.18 bits per heavy atom. The molecule has 22 heavy (non-hydrogen) atoms. The molecule has 2 heterocycles. The summed E-state index contributed by atoms with van der Waals surface area (Å²) in [7, 11) is 2.09. The summed E-state index contributed by atoms with van der Waals surface area (Å²) in [5.74, 6) is 0.767. The van der Waals surface area contributed by atoms with Gasteiger partial charge < -0.3 is 9.80 Å². The highest BCUT2D eigenvalue weighted by Crippen LogP contribution is 2.14. The molecule has 0 unspecified atom stereocenters. The highest BCUT2D eigenvalue weighted by atomic mass is 16.2. The quantitative estimate of drug-likeness (QED) is 0.818. The number of benzene rings is 1. The van der Waals surface area contributed by atoms with E-state index in [1.807, 2.05) is 36.1 Å². The van der Waals surface area contributed by atoms with Crippen molar-refractivity contribution in [2.45, 2.75) is 13.3 Å². The van der Waals surface area contributed by atoms with Crippen LogP contribution in [-0.4, -0.2) is 69.1 Å². The van der Waals surface area contributed by atoms with Crippen molar-refractivity contribution in [3.05, 3.63) is 35.7 Å². The lowest BCUT2D eigenvalue weighted by Gasteiger charge is -2.20. The molecule has 0 saturated carbocycles. The van der Waals surface area contributed by atoms with Crippen LogP contribution in [0.2, 0.25) is 0 Å². The van der Waals surface area contributed by atoms with E-state index in [9.17, 15) is 4.79 Å². The molecule has 0 radical (unpaired) electrons. The number of tetrazole rings is 1. The van der Waals surface area contributed by atoms with Crippen molar-refractivity contribution < 1.29 is 4.79 Å². The standard InChI is InChI=1S/C15H20N6O/c1-12-16-17-18-21(12)14-6-3-5-13(11-14)15(22)20-8-4-7-19(2)9-10-20/h3,5-6,11H,4,7-10H2,1-2H3.